The molecule has 0 unspecified atom stereocenters. The van der Waals surface area contributed by atoms with E-state index in [-0.39, 0.29) is 154 Å². The Labute approximate surface area is 816 Å². The molecular formula is C95H122Br4Cl3N5Na2O10S. The number of ether oxygens (including phenoxy) is 2. The third-order valence-corrected chi connectivity index (χ3v) is 22.1. The van der Waals surface area contributed by atoms with Crippen LogP contribution in [0.1, 0.15) is 167 Å². The number of benzene rings is 9. The molecule has 6 heterocycles. The third-order valence-electron chi connectivity index (χ3n) is 21.0. The quantitative estimate of drug-likeness (QED) is 0.0142. The molecule has 6 saturated heterocycles. The normalized spacial score (nSPS) is 14.8. The summed E-state index contributed by atoms with van der Waals surface area (Å²) in [5.41, 5.74) is 7.90. The van der Waals surface area contributed by atoms with Gasteiger partial charge in [0.25, 0.3) is 6.47 Å². The molecule has 0 aromatic heterocycles. The fraction of sp³-hybridized carbons (Fsp3) is 0.368. The van der Waals surface area contributed by atoms with Crippen molar-refractivity contribution >= 4 is 115 Å². The van der Waals surface area contributed by atoms with Gasteiger partial charge in [0.15, 0.2) is 0 Å². The molecule has 6 aliphatic rings. The smallest absolute Gasteiger partial charge is 1.00 e. The first-order valence-electron chi connectivity index (χ1n) is 38.5. The Kier molecular flexibility index (Phi) is 60.1. The molecule has 1 amide bonds. The Morgan fingerprint density at radius 2 is 0.792 bits per heavy atom. The van der Waals surface area contributed by atoms with Crippen molar-refractivity contribution in [1.82, 2.24) is 10.6 Å². The summed E-state index contributed by atoms with van der Waals surface area (Å²) in [7, 11) is 7.36. The van der Waals surface area contributed by atoms with Crippen LogP contribution in [-0.4, -0.2) is 136 Å². The predicted molar refractivity (Wildman–Crippen MR) is 489 cm³/mol. The molecule has 644 valence electrons. The summed E-state index contributed by atoms with van der Waals surface area (Å²) >= 11 is 12.8. The Hall–Kier alpha value is -5.18. The summed E-state index contributed by atoms with van der Waals surface area (Å²) in [6, 6.07) is 92.1. The van der Waals surface area contributed by atoms with Gasteiger partial charge in [0.05, 0.1) is 18.6 Å². The zero-order chi connectivity index (χ0) is 79.7. The number of alkyl halides is 2. The van der Waals surface area contributed by atoms with Crippen LogP contribution in [0.25, 0.3) is 0 Å². The minimum absolute atomic E-state index is 0. The van der Waals surface area contributed by atoms with Crippen LogP contribution in [0.2, 0.25) is 0 Å². The van der Waals surface area contributed by atoms with E-state index in [1.807, 2.05) is 163 Å². The Morgan fingerprint density at radius 3 is 1.04 bits per heavy atom. The molecule has 9 aromatic carbocycles. The number of carbonyl (C=O) groups is 4. The van der Waals surface area contributed by atoms with Gasteiger partial charge in [0, 0.05) is 90.1 Å². The van der Waals surface area contributed by atoms with Crippen molar-refractivity contribution in [3.8, 4) is 0 Å². The molecule has 120 heavy (non-hydrogen) atoms. The second-order valence-electron chi connectivity index (χ2n) is 27.5. The van der Waals surface area contributed by atoms with E-state index in [2.05, 4.69) is 199 Å². The van der Waals surface area contributed by atoms with E-state index < -0.39 is 26.0 Å². The summed E-state index contributed by atoms with van der Waals surface area (Å²) in [6.07, 6.45) is 13.7. The molecule has 9 aromatic rings. The molecule has 0 atom stereocenters. The van der Waals surface area contributed by atoms with Crippen LogP contribution in [0.5, 0.6) is 0 Å². The van der Waals surface area contributed by atoms with Crippen molar-refractivity contribution in [3.05, 3.63) is 317 Å². The molecule has 0 saturated carbocycles. The van der Waals surface area contributed by atoms with Crippen molar-refractivity contribution in [1.29, 1.82) is 0 Å². The zero-order valence-corrected chi connectivity index (χ0v) is 79.8. The Balaban J connectivity index is -0.00000137. The van der Waals surface area contributed by atoms with E-state index in [4.69, 9.17) is 35.3 Å². The van der Waals surface area contributed by atoms with Crippen LogP contribution >= 0.6 is 64.8 Å². The number of halogens is 7. The van der Waals surface area contributed by atoms with E-state index in [1.54, 1.807) is 0 Å². The summed E-state index contributed by atoms with van der Waals surface area (Å²) in [4.78, 5) is 49.5. The molecule has 3 N–H and O–H groups in total. The molecule has 6 fully saturated rings. The zero-order valence-electron chi connectivity index (χ0n) is 67.3. The van der Waals surface area contributed by atoms with Crippen LogP contribution in [0.15, 0.2) is 273 Å². The van der Waals surface area contributed by atoms with Crippen molar-refractivity contribution in [3.63, 3.8) is 0 Å². The molecule has 25 heteroatoms. The van der Waals surface area contributed by atoms with Gasteiger partial charge in [-0.1, -0.05) is 329 Å². The van der Waals surface area contributed by atoms with Crippen LogP contribution in [0.3, 0.4) is 0 Å². The van der Waals surface area contributed by atoms with Crippen molar-refractivity contribution in [2.45, 2.75) is 148 Å². The van der Waals surface area contributed by atoms with E-state index in [0.29, 0.717) is 36.0 Å². The topological polar surface area (TPSA) is 190 Å². The van der Waals surface area contributed by atoms with Crippen molar-refractivity contribution in [2.24, 2.45) is 0 Å². The van der Waals surface area contributed by atoms with E-state index >= 15 is 0 Å². The molecule has 0 aliphatic carbocycles. The first kappa shape index (κ1) is 115. The van der Waals surface area contributed by atoms with Gasteiger partial charge < -0.3 is 75.6 Å². The largest absolute Gasteiger partial charge is 1.00 e. The maximum absolute atomic E-state index is 12.2. The summed E-state index contributed by atoms with van der Waals surface area (Å²) in [6.45, 7) is 12.3. The van der Waals surface area contributed by atoms with E-state index in [0.717, 1.165) is 106 Å². The average Bonchev–Trinajstić information content (AvgIpc) is 1.62. The molecule has 6 aliphatic heterocycles. The summed E-state index contributed by atoms with van der Waals surface area (Å²) in [5.74, 6) is 1.75. The SMILES string of the molecule is C.C.C.C.C1CCNC1.CCC(=O)N(c1ccccc1)C1CCNCC1.O=C(Cl)C(CCBr)(c1ccccc1)c1ccccc1.O=C(O)C(CCBr)(c1ccccc1)c1ccccc1.O=CO[O-].O=S(Cl)Cl.[2HH].[Br-].[Br-].[H-].[Na+].[Na+].c1ccc(C2(c3ccccc3)CCOC2=[N+]2CCCC2)cc1.c1ccc(C2(c3ccccc3)CCOC2=[N+]2CCCC2)cc1. The summed E-state index contributed by atoms with van der Waals surface area (Å²) in [5, 5.41) is 25.8. The van der Waals surface area contributed by atoms with Crippen LogP contribution in [0.4, 0.5) is 5.69 Å². The number of amides is 1. The number of anilines is 1. The van der Waals surface area contributed by atoms with Crippen molar-refractivity contribution < 1.29 is 153 Å². The van der Waals surface area contributed by atoms with Crippen LogP contribution in [0, 0.1) is 0 Å². The monoisotopic (exact) mass is 1990 g/mol. The second kappa shape index (κ2) is 62.9. The standard InChI is InChI=1S/2C20H22NO.C16H14BrClO.C16H15BrO2.C14H20N2O.C4H9N.CH2O3.4CH4.2BrH.Cl2OS.2Na.H2.H/c2*1-3-9-17(10-4-1)20(18-11-5-2-6-12-18)13-16-22-19(20)21-14-7-8-15-21;2*17-12-11-16(15(18)19,13-7-3-1-4-8-13)14-9-5-2-6-10-14;1-2-14(17)16(12-6-4-3-5-7-12)13-8-10-15-11-9-13;1-2-4-5-3-1;2-1-4-3;;;;;;;1-4(2)3;;;;/h2*1-6,9-12H,7-8,13-16H2;1-10H,11-12H2;1-10H,11-12H2,(H,18,19);3-7,13,15H,2,8-11H2,1H3;5H,1-4H2;1,3H;4*1H4;2*1H;;;;1H;/q2*+1;;;;;;;;;;;;;2*+1;;-1/p-3/i;;;;;;;;;;;;;;;;1+1;. The van der Waals surface area contributed by atoms with Gasteiger partial charge in [0.1, 0.15) is 42.4 Å². The van der Waals surface area contributed by atoms with Gasteiger partial charge in [-0.2, -0.15) is 0 Å². The number of aliphatic carboxylic acids is 1. The number of carbonyl (C=O) groups excluding carboxylic acids is 3. The third kappa shape index (κ3) is 31.7. The number of nitrogens with zero attached hydrogens (tertiary/aromatic N) is 3. The number of nitrogens with one attached hydrogen (secondary N) is 2. The molecule has 15 rings (SSSR count). The molecule has 0 radical (unpaired) electrons. The Bertz CT molecular complexity index is 3950. The minimum Gasteiger partial charge on any atom is -1.00 e. The van der Waals surface area contributed by atoms with Gasteiger partial charge in [-0.3, -0.25) is 19.2 Å². The van der Waals surface area contributed by atoms with Gasteiger partial charge >= 0.3 is 76.9 Å². The van der Waals surface area contributed by atoms with Gasteiger partial charge in [-0.05, 0) is 133 Å². The molecular weight excluding hydrogens is 1880 g/mol. The maximum atomic E-state index is 12.2. The molecule has 0 bridgehead atoms. The van der Waals surface area contributed by atoms with Gasteiger partial charge in [-0.25, -0.2) is 13.4 Å². The number of rotatable bonds is 18. The first-order chi connectivity index (χ1) is 54.7. The predicted octanol–water partition coefficient (Wildman–Crippen LogP) is 8.51. The average molecular weight is 2000 g/mol. The number of hydrogen-bond donors (Lipinski definition) is 3. The number of piperidine rings is 1. The number of para-hydroxylation sites is 1. The summed E-state index contributed by atoms with van der Waals surface area (Å²) < 4.78 is 26.4. The fourth-order valence-corrected chi connectivity index (χ4v) is 17.2. The van der Waals surface area contributed by atoms with Gasteiger partial charge in [0.2, 0.25) is 20.4 Å². The second-order valence-corrected chi connectivity index (χ2v) is 31.9. The fourth-order valence-electron chi connectivity index (χ4n) is 15.7. The number of hydrogen-bond acceptors (Lipinski definition) is 11. The van der Waals surface area contributed by atoms with Crippen LogP contribution < -0.4 is 114 Å². The first-order valence-corrected chi connectivity index (χ1v) is 43.9. The van der Waals surface area contributed by atoms with Crippen molar-refractivity contribution in [2.75, 3.05) is 81.1 Å². The minimum atomic E-state index is -1.67. The number of carboxylic acid groups (broad SMARTS) is 1. The molecule has 15 nitrogen and oxygen atoms in total. The van der Waals surface area contributed by atoms with Crippen LogP contribution in [-0.2, 0) is 64.4 Å². The van der Waals surface area contributed by atoms with Gasteiger partial charge in [-0.15, -0.1) is 0 Å². The number of carboxylic acids is 1. The molecule has 0 spiro atoms. The van der Waals surface area contributed by atoms with E-state index in [9.17, 15) is 19.5 Å². The Morgan fingerprint density at radius 1 is 0.525 bits per heavy atom. The van der Waals surface area contributed by atoms with E-state index in [1.165, 1.54) is 85.7 Å². The maximum Gasteiger partial charge on any atom is 1.00 e.